The van der Waals surface area contributed by atoms with E-state index in [0.29, 0.717) is 0 Å². The molecule has 2 rings (SSSR count). The Bertz CT molecular complexity index is 569. The molecular formula is C19H25NO. The maximum Gasteiger partial charge on any atom is 0.120 e. The largest absolute Gasteiger partial charge is 0.489 e. The third kappa shape index (κ3) is 4.08. The van der Waals surface area contributed by atoms with Crippen LogP contribution in [0, 0.1) is 20.8 Å². The molecule has 0 saturated carbocycles. The Hall–Kier alpha value is -1.80. The third-order valence-electron chi connectivity index (χ3n) is 3.73. The van der Waals surface area contributed by atoms with Crippen molar-refractivity contribution in [1.29, 1.82) is 0 Å². The molecule has 2 unspecified atom stereocenters. The molecule has 0 saturated heterocycles. The van der Waals surface area contributed by atoms with Crippen LogP contribution in [0.4, 0.5) is 0 Å². The van der Waals surface area contributed by atoms with Crippen LogP contribution in [0.5, 0.6) is 5.75 Å². The molecule has 0 heterocycles. The molecule has 2 nitrogen and oxygen atoms in total. The van der Waals surface area contributed by atoms with Gasteiger partial charge in [-0.1, -0.05) is 35.9 Å². The van der Waals surface area contributed by atoms with Crippen molar-refractivity contribution >= 4 is 0 Å². The van der Waals surface area contributed by atoms with Crippen molar-refractivity contribution in [1.82, 2.24) is 5.32 Å². The second-order valence-electron chi connectivity index (χ2n) is 5.82. The lowest BCUT2D eigenvalue weighted by Crippen LogP contribution is -2.31. The lowest BCUT2D eigenvalue weighted by atomic mass is 10.0. The molecule has 2 aromatic carbocycles. The van der Waals surface area contributed by atoms with Gasteiger partial charge in [0.15, 0.2) is 0 Å². The molecule has 0 amide bonds. The SMILES string of the molecule is CNC(c1ccc(C)cc1)C(C)Oc1cc(C)cc(C)c1. The highest BCUT2D eigenvalue weighted by atomic mass is 16.5. The quantitative estimate of drug-likeness (QED) is 0.881. The van der Waals surface area contributed by atoms with Crippen LogP contribution in [0.3, 0.4) is 0 Å². The monoisotopic (exact) mass is 283 g/mol. The maximum atomic E-state index is 6.15. The van der Waals surface area contributed by atoms with Crippen molar-refractivity contribution in [2.75, 3.05) is 7.05 Å². The van der Waals surface area contributed by atoms with Crippen LogP contribution in [0.1, 0.15) is 35.2 Å². The Morgan fingerprint density at radius 2 is 1.43 bits per heavy atom. The van der Waals surface area contributed by atoms with Crippen molar-refractivity contribution in [2.24, 2.45) is 0 Å². The van der Waals surface area contributed by atoms with Gasteiger partial charge >= 0.3 is 0 Å². The van der Waals surface area contributed by atoms with E-state index in [2.05, 4.69) is 75.5 Å². The molecule has 2 heteroatoms. The summed E-state index contributed by atoms with van der Waals surface area (Å²) in [4.78, 5) is 0. The second kappa shape index (κ2) is 6.77. The fourth-order valence-corrected chi connectivity index (χ4v) is 2.73. The van der Waals surface area contributed by atoms with Crippen molar-refractivity contribution in [3.8, 4) is 5.75 Å². The maximum absolute atomic E-state index is 6.15. The summed E-state index contributed by atoms with van der Waals surface area (Å²) in [5.74, 6) is 0.937. The number of ether oxygens (including phenoxy) is 1. The van der Waals surface area contributed by atoms with Gasteiger partial charge in [-0.3, -0.25) is 0 Å². The predicted molar refractivity (Wildman–Crippen MR) is 89.0 cm³/mol. The Morgan fingerprint density at radius 1 is 0.857 bits per heavy atom. The van der Waals surface area contributed by atoms with Gasteiger partial charge in [0.05, 0.1) is 6.04 Å². The average Bonchev–Trinajstić information content (AvgIpc) is 2.40. The van der Waals surface area contributed by atoms with Gasteiger partial charge < -0.3 is 10.1 Å². The van der Waals surface area contributed by atoms with Crippen molar-refractivity contribution in [2.45, 2.75) is 39.8 Å². The first-order valence-electron chi connectivity index (χ1n) is 7.48. The highest BCUT2D eigenvalue weighted by Gasteiger charge is 2.19. The molecule has 0 spiro atoms. The number of likely N-dealkylation sites (N-methyl/N-ethyl adjacent to an activating group) is 1. The fraction of sp³-hybridized carbons (Fsp3) is 0.368. The van der Waals surface area contributed by atoms with Gasteiger partial charge in [0, 0.05) is 0 Å². The summed E-state index contributed by atoms with van der Waals surface area (Å²) in [6.45, 7) is 8.41. The molecule has 1 N–H and O–H groups in total. The zero-order valence-corrected chi connectivity index (χ0v) is 13.6. The fourth-order valence-electron chi connectivity index (χ4n) is 2.73. The van der Waals surface area contributed by atoms with Gasteiger partial charge in [-0.25, -0.2) is 0 Å². The average molecular weight is 283 g/mol. The number of aryl methyl sites for hydroxylation is 3. The minimum Gasteiger partial charge on any atom is -0.489 e. The Labute approximate surface area is 128 Å². The number of rotatable bonds is 5. The lowest BCUT2D eigenvalue weighted by molar-refractivity contribution is 0.175. The van der Waals surface area contributed by atoms with Gasteiger partial charge in [-0.2, -0.15) is 0 Å². The van der Waals surface area contributed by atoms with Crippen molar-refractivity contribution in [3.05, 3.63) is 64.7 Å². The van der Waals surface area contributed by atoms with Gasteiger partial charge in [-0.05, 0) is 63.6 Å². The predicted octanol–water partition coefficient (Wildman–Crippen LogP) is 4.34. The summed E-state index contributed by atoms with van der Waals surface area (Å²) in [5.41, 5.74) is 4.98. The molecule has 0 aromatic heterocycles. The summed E-state index contributed by atoms with van der Waals surface area (Å²) in [6.07, 6.45) is 0.0545. The summed E-state index contributed by atoms with van der Waals surface area (Å²) in [6, 6.07) is 15.1. The van der Waals surface area contributed by atoms with Crippen LogP contribution in [0.25, 0.3) is 0 Å². The Morgan fingerprint density at radius 3 is 1.95 bits per heavy atom. The van der Waals surface area contributed by atoms with Crippen molar-refractivity contribution < 1.29 is 4.74 Å². The van der Waals surface area contributed by atoms with E-state index in [1.807, 2.05) is 7.05 Å². The first-order chi connectivity index (χ1) is 9.99. The van der Waals surface area contributed by atoms with Crippen LogP contribution < -0.4 is 10.1 Å². The third-order valence-corrected chi connectivity index (χ3v) is 3.73. The number of nitrogens with one attached hydrogen (secondary N) is 1. The lowest BCUT2D eigenvalue weighted by Gasteiger charge is -2.25. The Kier molecular flexibility index (Phi) is 5.03. The normalized spacial score (nSPS) is 13.8. The van der Waals surface area contributed by atoms with Gasteiger partial charge in [0.1, 0.15) is 11.9 Å². The first kappa shape index (κ1) is 15.6. The number of hydrogen-bond acceptors (Lipinski definition) is 2. The molecular weight excluding hydrogens is 258 g/mol. The van der Waals surface area contributed by atoms with Gasteiger partial charge in [0.2, 0.25) is 0 Å². The molecule has 0 bridgehead atoms. The smallest absolute Gasteiger partial charge is 0.120 e. The van der Waals surface area contributed by atoms with Crippen LogP contribution in [-0.2, 0) is 0 Å². The zero-order valence-electron chi connectivity index (χ0n) is 13.6. The molecule has 0 aliphatic rings. The summed E-state index contributed by atoms with van der Waals surface area (Å²) >= 11 is 0. The van der Waals surface area contributed by atoms with E-state index in [1.165, 1.54) is 22.3 Å². The second-order valence-corrected chi connectivity index (χ2v) is 5.82. The molecule has 2 atom stereocenters. The zero-order chi connectivity index (χ0) is 15.4. The van der Waals surface area contributed by atoms with Crippen LogP contribution in [0.15, 0.2) is 42.5 Å². The molecule has 2 aromatic rings. The van der Waals surface area contributed by atoms with Crippen LogP contribution in [-0.4, -0.2) is 13.2 Å². The molecule has 0 aliphatic heterocycles. The van der Waals surface area contributed by atoms with Gasteiger partial charge in [0.25, 0.3) is 0 Å². The van der Waals surface area contributed by atoms with E-state index in [4.69, 9.17) is 4.74 Å². The molecule has 0 radical (unpaired) electrons. The van der Waals surface area contributed by atoms with E-state index >= 15 is 0 Å². The minimum atomic E-state index is 0.0545. The van der Waals surface area contributed by atoms with Crippen LogP contribution in [0.2, 0.25) is 0 Å². The van der Waals surface area contributed by atoms with Crippen LogP contribution >= 0.6 is 0 Å². The van der Waals surface area contributed by atoms with E-state index in [0.717, 1.165) is 5.75 Å². The van der Waals surface area contributed by atoms with E-state index in [1.54, 1.807) is 0 Å². The first-order valence-corrected chi connectivity index (χ1v) is 7.48. The Balaban J connectivity index is 2.16. The molecule has 0 fully saturated rings. The molecule has 0 aliphatic carbocycles. The standard InChI is InChI=1S/C19H25NO/c1-13-6-8-17(9-7-13)19(20-5)16(4)21-18-11-14(2)10-15(3)12-18/h6-12,16,19-20H,1-5H3. The van der Waals surface area contributed by atoms with Gasteiger partial charge in [-0.15, -0.1) is 0 Å². The summed E-state index contributed by atoms with van der Waals surface area (Å²) in [5, 5.41) is 3.36. The highest BCUT2D eigenvalue weighted by molar-refractivity contribution is 5.33. The van der Waals surface area contributed by atoms with Crippen molar-refractivity contribution in [3.63, 3.8) is 0 Å². The number of benzene rings is 2. The van der Waals surface area contributed by atoms with E-state index in [-0.39, 0.29) is 12.1 Å². The topological polar surface area (TPSA) is 21.3 Å². The van der Waals surface area contributed by atoms with E-state index < -0.39 is 0 Å². The summed E-state index contributed by atoms with van der Waals surface area (Å²) < 4.78 is 6.15. The number of hydrogen-bond donors (Lipinski definition) is 1. The minimum absolute atomic E-state index is 0.0545. The van der Waals surface area contributed by atoms with E-state index in [9.17, 15) is 0 Å². The molecule has 21 heavy (non-hydrogen) atoms. The highest BCUT2D eigenvalue weighted by Crippen LogP contribution is 2.24. The summed E-state index contributed by atoms with van der Waals surface area (Å²) in [7, 11) is 1.98. The molecule has 112 valence electrons.